The molecule has 4 unspecified atom stereocenters. The molecule has 0 heterocycles. The Morgan fingerprint density at radius 1 is 0.600 bits per heavy atom. The van der Waals surface area contributed by atoms with Gasteiger partial charge in [-0.3, -0.25) is 33.6 Å². The van der Waals surface area contributed by atoms with Crippen molar-refractivity contribution in [2.45, 2.75) is 62.7 Å². The van der Waals surface area contributed by atoms with Gasteiger partial charge in [-0.05, 0) is 12.8 Å². The molecule has 0 radical (unpaired) electrons. The summed E-state index contributed by atoms with van der Waals surface area (Å²) in [6.07, 6.45) is -3.52. The molecule has 12 N–H and O–H groups in total. The van der Waals surface area contributed by atoms with Gasteiger partial charge in [0, 0.05) is 12.8 Å². The third kappa shape index (κ3) is 13.1. The van der Waals surface area contributed by atoms with E-state index in [0.717, 1.165) is 0 Å². The molecule has 0 aliphatic heterocycles. The van der Waals surface area contributed by atoms with Crippen molar-refractivity contribution in [3.63, 3.8) is 0 Å². The van der Waals surface area contributed by atoms with Crippen LogP contribution in [0, 0.1) is 0 Å². The summed E-state index contributed by atoms with van der Waals surface area (Å²) in [6, 6.07) is -6.50. The Labute approximate surface area is 197 Å². The standard InChI is InChI=1S/C18H28N6O11/c19-7(1-3-13(27)28)15(31)23-9(5-11(20)25)17(33)22-8(2-4-14(29)30)16(32)24-10(18(34)35)6-12(21)26/h7-10H,1-6,19H2,(H2,20,25)(H2,21,26)(H,22,33)(H,23,31)(H,24,32)(H,27,28)(H,29,30)(H,34,35). The minimum atomic E-state index is -1.78. The van der Waals surface area contributed by atoms with Crippen molar-refractivity contribution in [1.29, 1.82) is 0 Å². The SMILES string of the molecule is NC(=O)CC(NC(=O)C(CCC(=O)O)NC(=O)C(CC(N)=O)NC(=O)C(N)CCC(=O)O)C(=O)O. The quantitative estimate of drug-likeness (QED) is 0.0902. The van der Waals surface area contributed by atoms with Crippen LogP contribution in [-0.4, -0.2) is 86.9 Å². The zero-order valence-electron chi connectivity index (χ0n) is 18.4. The van der Waals surface area contributed by atoms with Gasteiger partial charge in [0.1, 0.15) is 18.1 Å². The average Bonchev–Trinajstić information content (AvgIpc) is 2.72. The van der Waals surface area contributed by atoms with E-state index in [0.29, 0.717) is 0 Å². The Morgan fingerprint density at radius 2 is 1.00 bits per heavy atom. The normalized spacial score (nSPS) is 13.9. The summed E-state index contributed by atoms with van der Waals surface area (Å²) < 4.78 is 0. The second kappa shape index (κ2) is 14.8. The van der Waals surface area contributed by atoms with E-state index >= 15 is 0 Å². The first-order chi connectivity index (χ1) is 16.1. The molecule has 35 heavy (non-hydrogen) atoms. The number of nitrogens with two attached hydrogens (primary N) is 3. The number of primary amides is 2. The number of hydrogen-bond donors (Lipinski definition) is 9. The van der Waals surface area contributed by atoms with Gasteiger partial charge in [-0.2, -0.15) is 0 Å². The number of hydrogen-bond acceptors (Lipinski definition) is 9. The molecule has 0 aromatic carbocycles. The Kier molecular flexibility index (Phi) is 13.0. The lowest BCUT2D eigenvalue weighted by Crippen LogP contribution is -2.58. The fourth-order valence-corrected chi connectivity index (χ4v) is 2.58. The van der Waals surface area contributed by atoms with Crippen molar-refractivity contribution in [1.82, 2.24) is 16.0 Å². The molecule has 0 spiro atoms. The van der Waals surface area contributed by atoms with Gasteiger partial charge < -0.3 is 48.5 Å². The third-order valence-corrected chi connectivity index (χ3v) is 4.34. The minimum Gasteiger partial charge on any atom is -0.481 e. The minimum absolute atomic E-state index is 0.299. The zero-order valence-corrected chi connectivity index (χ0v) is 18.4. The third-order valence-electron chi connectivity index (χ3n) is 4.34. The second-order valence-corrected chi connectivity index (χ2v) is 7.33. The molecule has 17 heteroatoms. The summed E-state index contributed by atoms with van der Waals surface area (Å²) in [5.74, 6) is -9.71. The van der Waals surface area contributed by atoms with Crippen LogP contribution in [0.2, 0.25) is 0 Å². The van der Waals surface area contributed by atoms with Crippen LogP contribution in [-0.2, 0) is 38.4 Å². The van der Waals surface area contributed by atoms with Gasteiger partial charge in [-0.25, -0.2) is 4.79 Å². The lowest BCUT2D eigenvalue weighted by molar-refractivity contribution is -0.144. The molecule has 4 atom stereocenters. The lowest BCUT2D eigenvalue weighted by Gasteiger charge is -2.24. The summed E-state index contributed by atoms with van der Waals surface area (Å²) >= 11 is 0. The molecule has 0 rings (SSSR count). The molecule has 0 aromatic rings. The smallest absolute Gasteiger partial charge is 0.326 e. The van der Waals surface area contributed by atoms with Crippen LogP contribution in [0.3, 0.4) is 0 Å². The Balaban J connectivity index is 5.59. The number of aliphatic carboxylic acids is 3. The van der Waals surface area contributed by atoms with E-state index in [-0.39, 0.29) is 6.42 Å². The molecule has 0 aliphatic rings. The molecule has 0 bridgehead atoms. The lowest BCUT2D eigenvalue weighted by atomic mass is 10.1. The first kappa shape index (κ1) is 30.7. The van der Waals surface area contributed by atoms with Crippen molar-refractivity contribution in [2.24, 2.45) is 17.2 Å². The van der Waals surface area contributed by atoms with Crippen LogP contribution >= 0.6 is 0 Å². The Hall–Kier alpha value is -4.28. The van der Waals surface area contributed by atoms with Gasteiger partial charge >= 0.3 is 17.9 Å². The second-order valence-electron chi connectivity index (χ2n) is 7.33. The number of amides is 5. The molecule has 196 valence electrons. The predicted molar refractivity (Wildman–Crippen MR) is 113 cm³/mol. The first-order valence-electron chi connectivity index (χ1n) is 10.0. The molecule has 0 fully saturated rings. The highest BCUT2D eigenvalue weighted by atomic mass is 16.4. The number of carboxylic acid groups (broad SMARTS) is 3. The molecular weight excluding hydrogens is 476 g/mol. The van der Waals surface area contributed by atoms with Gasteiger partial charge in [0.05, 0.1) is 18.9 Å². The van der Waals surface area contributed by atoms with Crippen LogP contribution < -0.4 is 33.2 Å². The molecule has 0 aliphatic carbocycles. The number of nitrogens with one attached hydrogen (secondary N) is 3. The van der Waals surface area contributed by atoms with Crippen LogP contribution in [0.15, 0.2) is 0 Å². The van der Waals surface area contributed by atoms with Crippen LogP contribution in [0.4, 0.5) is 0 Å². The molecule has 17 nitrogen and oxygen atoms in total. The number of carboxylic acids is 3. The maximum atomic E-state index is 12.7. The van der Waals surface area contributed by atoms with Gasteiger partial charge in [0.15, 0.2) is 0 Å². The Bertz CT molecular complexity index is 862. The highest BCUT2D eigenvalue weighted by Crippen LogP contribution is 2.04. The van der Waals surface area contributed by atoms with Gasteiger partial charge in [0.25, 0.3) is 0 Å². The summed E-state index contributed by atoms with van der Waals surface area (Å²) in [5, 5.41) is 32.8. The van der Waals surface area contributed by atoms with E-state index in [1.165, 1.54) is 0 Å². The first-order valence-corrected chi connectivity index (χ1v) is 10.0. The zero-order chi connectivity index (χ0) is 27.3. The molecule has 0 saturated carbocycles. The highest BCUT2D eigenvalue weighted by molar-refractivity contribution is 5.96. The van der Waals surface area contributed by atoms with Gasteiger partial charge in [0.2, 0.25) is 29.5 Å². The van der Waals surface area contributed by atoms with E-state index in [9.17, 15) is 38.4 Å². The van der Waals surface area contributed by atoms with E-state index in [2.05, 4.69) is 10.6 Å². The van der Waals surface area contributed by atoms with Crippen molar-refractivity contribution >= 4 is 47.4 Å². The molecule has 0 aromatic heterocycles. The number of rotatable bonds is 17. The maximum absolute atomic E-state index is 12.7. The fraction of sp³-hybridized carbons (Fsp3) is 0.556. The monoisotopic (exact) mass is 504 g/mol. The van der Waals surface area contributed by atoms with Crippen LogP contribution in [0.5, 0.6) is 0 Å². The summed E-state index contributed by atoms with van der Waals surface area (Å²) in [5.41, 5.74) is 15.6. The molecule has 0 saturated heterocycles. The fourth-order valence-electron chi connectivity index (χ4n) is 2.58. The van der Waals surface area contributed by atoms with E-state index in [4.69, 9.17) is 32.5 Å². The van der Waals surface area contributed by atoms with Crippen molar-refractivity contribution in [2.75, 3.05) is 0 Å². The summed E-state index contributed by atoms with van der Waals surface area (Å²) in [6.45, 7) is 0. The van der Waals surface area contributed by atoms with Crippen molar-refractivity contribution < 1.29 is 53.7 Å². The average molecular weight is 504 g/mol. The number of carbonyl (C=O) groups is 8. The molecular formula is C18H28N6O11. The summed E-state index contributed by atoms with van der Waals surface area (Å²) in [4.78, 5) is 92.5. The van der Waals surface area contributed by atoms with Crippen molar-refractivity contribution in [3.8, 4) is 0 Å². The van der Waals surface area contributed by atoms with E-state index in [1.54, 1.807) is 0 Å². The van der Waals surface area contributed by atoms with Crippen molar-refractivity contribution in [3.05, 3.63) is 0 Å². The largest absolute Gasteiger partial charge is 0.481 e. The van der Waals surface area contributed by atoms with E-state index < -0.39 is 104 Å². The topological polar surface area (TPSA) is 311 Å². The van der Waals surface area contributed by atoms with E-state index in [1.807, 2.05) is 5.32 Å². The van der Waals surface area contributed by atoms with Gasteiger partial charge in [-0.1, -0.05) is 0 Å². The highest BCUT2D eigenvalue weighted by Gasteiger charge is 2.32. The number of carbonyl (C=O) groups excluding carboxylic acids is 5. The van der Waals surface area contributed by atoms with Gasteiger partial charge in [-0.15, -0.1) is 0 Å². The van der Waals surface area contributed by atoms with Crippen LogP contribution in [0.1, 0.15) is 38.5 Å². The van der Waals surface area contributed by atoms with Crippen LogP contribution in [0.25, 0.3) is 0 Å². The summed E-state index contributed by atoms with van der Waals surface area (Å²) in [7, 11) is 0. The molecule has 5 amide bonds. The predicted octanol–water partition coefficient (Wildman–Crippen LogP) is -4.67. The Morgan fingerprint density at radius 3 is 1.46 bits per heavy atom. The maximum Gasteiger partial charge on any atom is 0.326 e.